The molecule has 10 heteroatoms. The van der Waals surface area contributed by atoms with Gasteiger partial charge in [-0.05, 0) is 42.0 Å². The molecule has 2 aromatic carbocycles. The van der Waals surface area contributed by atoms with Crippen molar-refractivity contribution >= 4 is 29.3 Å². The van der Waals surface area contributed by atoms with E-state index in [1.807, 2.05) is 0 Å². The van der Waals surface area contributed by atoms with Crippen molar-refractivity contribution in [3.63, 3.8) is 0 Å². The molecule has 138 valence electrons. The first-order valence-electron chi connectivity index (χ1n) is 7.50. The van der Waals surface area contributed by atoms with Gasteiger partial charge in [0.2, 0.25) is 5.75 Å². The van der Waals surface area contributed by atoms with Gasteiger partial charge in [-0.25, -0.2) is 9.40 Å². The number of rotatable bonds is 4. The van der Waals surface area contributed by atoms with Crippen molar-refractivity contribution in [1.29, 1.82) is 0 Å². The number of ether oxygens (including phenoxy) is 1. The van der Waals surface area contributed by atoms with Crippen LogP contribution in [0.1, 0.15) is 5.56 Å². The molecule has 0 saturated carbocycles. The van der Waals surface area contributed by atoms with Crippen LogP contribution in [0.5, 0.6) is 11.5 Å². The Balaban J connectivity index is 2.01. The standard InChI is InChI=1S/C17H12FN3O6/c1-27-14-8-9(7-13(15(14)22)21(25)26)6-12-16(23)19-20(17(12)24)11-4-2-10(18)3-5-11/h2-8,22H,1H3,(H,19,23)/b12-6+. The second kappa shape index (κ2) is 6.75. The number of hydrogen-bond donors (Lipinski definition) is 2. The van der Waals surface area contributed by atoms with Crippen molar-refractivity contribution in [2.24, 2.45) is 0 Å². The van der Waals surface area contributed by atoms with Crippen molar-refractivity contribution in [2.75, 3.05) is 12.1 Å². The smallest absolute Gasteiger partial charge is 0.315 e. The summed E-state index contributed by atoms with van der Waals surface area (Å²) in [6.45, 7) is 0. The van der Waals surface area contributed by atoms with Crippen LogP contribution >= 0.6 is 0 Å². The van der Waals surface area contributed by atoms with Crippen molar-refractivity contribution in [3.05, 3.63) is 63.5 Å². The number of phenolic OH excluding ortho intramolecular Hbond substituents is 1. The average Bonchev–Trinajstić information content (AvgIpc) is 2.91. The van der Waals surface area contributed by atoms with Crippen molar-refractivity contribution in [3.8, 4) is 11.5 Å². The number of hydrogen-bond acceptors (Lipinski definition) is 6. The third kappa shape index (κ3) is 3.27. The van der Waals surface area contributed by atoms with E-state index in [4.69, 9.17) is 4.74 Å². The number of carbonyl (C=O) groups excluding carboxylic acids is 2. The maximum Gasteiger partial charge on any atom is 0.315 e. The summed E-state index contributed by atoms with van der Waals surface area (Å²) < 4.78 is 17.9. The number of anilines is 1. The highest BCUT2D eigenvalue weighted by molar-refractivity contribution is 6.31. The Morgan fingerprint density at radius 2 is 1.93 bits per heavy atom. The van der Waals surface area contributed by atoms with Gasteiger partial charge >= 0.3 is 5.69 Å². The fraction of sp³-hybridized carbons (Fsp3) is 0.0588. The number of hydrazine groups is 1. The second-order valence-electron chi connectivity index (χ2n) is 5.46. The minimum Gasteiger partial charge on any atom is -0.500 e. The van der Waals surface area contributed by atoms with Crippen LogP contribution in [0, 0.1) is 15.9 Å². The number of aromatic hydroxyl groups is 1. The molecular weight excluding hydrogens is 361 g/mol. The lowest BCUT2D eigenvalue weighted by atomic mass is 10.1. The Hall–Kier alpha value is -3.95. The quantitative estimate of drug-likeness (QED) is 0.365. The molecule has 1 fully saturated rings. The van der Waals surface area contributed by atoms with Gasteiger partial charge in [0.25, 0.3) is 11.8 Å². The number of amides is 2. The topological polar surface area (TPSA) is 122 Å². The SMILES string of the molecule is COc1cc(/C=C2\C(=O)NN(c3ccc(F)cc3)C2=O)cc([N+](=O)[O-])c1O. The third-order valence-electron chi connectivity index (χ3n) is 3.78. The maximum atomic E-state index is 13.0. The Kier molecular flexibility index (Phi) is 4.46. The van der Waals surface area contributed by atoms with Crippen LogP contribution in [-0.2, 0) is 9.59 Å². The minimum absolute atomic E-state index is 0.107. The summed E-state index contributed by atoms with van der Waals surface area (Å²) in [5.74, 6) is -2.81. The Morgan fingerprint density at radius 1 is 1.26 bits per heavy atom. The highest BCUT2D eigenvalue weighted by atomic mass is 19.1. The fourth-order valence-corrected chi connectivity index (χ4v) is 2.49. The normalized spacial score (nSPS) is 15.2. The van der Waals surface area contributed by atoms with Gasteiger partial charge < -0.3 is 9.84 Å². The Bertz CT molecular complexity index is 987. The molecule has 0 aliphatic carbocycles. The summed E-state index contributed by atoms with van der Waals surface area (Å²) >= 11 is 0. The van der Waals surface area contributed by atoms with Crippen LogP contribution in [0.4, 0.5) is 15.8 Å². The van der Waals surface area contributed by atoms with Gasteiger partial charge in [-0.1, -0.05) is 0 Å². The molecule has 3 rings (SSSR count). The average molecular weight is 373 g/mol. The first-order chi connectivity index (χ1) is 12.8. The highest BCUT2D eigenvalue weighted by Gasteiger charge is 2.34. The van der Waals surface area contributed by atoms with Gasteiger partial charge in [0.1, 0.15) is 11.4 Å². The minimum atomic E-state index is -0.818. The van der Waals surface area contributed by atoms with Crippen molar-refractivity contribution in [2.45, 2.75) is 0 Å². The summed E-state index contributed by atoms with van der Waals surface area (Å²) in [5, 5.41) is 21.8. The van der Waals surface area contributed by atoms with E-state index in [1.165, 1.54) is 25.3 Å². The first kappa shape index (κ1) is 17.9. The van der Waals surface area contributed by atoms with Crippen LogP contribution in [0.15, 0.2) is 42.0 Å². The number of phenols is 1. The molecule has 0 unspecified atom stereocenters. The summed E-state index contributed by atoms with van der Waals surface area (Å²) in [6, 6.07) is 7.13. The number of benzene rings is 2. The van der Waals surface area contributed by atoms with E-state index in [0.717, 1.165) is 29.3 Å². The highest BCUT2D eigenvalue weighted by Crippen LogP contribution is 2.37. The summed E-state index contributed by atoms with van der Waals surface area (Å²) in [4.78, 5) is 34.9. The maximum absolute atomic E-state index is 13.0. The number of nitro benzene ring substituents is 1. The molecule has 1 aliphatic rings. The van der Waals surface area contributed by atoms with E-state index in [2.05, 4.69) is 5.43 Å². The number of methoxy groups -OCH3 is 1. The summed E-state index contributed by atoms with van der Waals surface area (Å²) in [7, 11) is 1.21. The van der Waals surface area contributed by atoms with Gasteiger partial charge in [-0.2, -0.15) is 0 Å². The van der Waals surface area contributed by atoms with E-state index < -0.39 is 34.0 Å². The molecule has 0 bridgehead atoms. The summed E-state index contributed by atoms with van der Waals surface area (Å²) in [5.41, 5.74) is 1.75. The zero-order chi connectivity index (χ0) is 19.7. The summed E-state index contributed by atoms with van der Waals surface area (Å²) in [6.07, 6.45) is 1.14. The molecular formula is C17H12FN3O6. The van der Waals surface area contributed by atoms with E-state index in [9.17, 15) is 29.2 Å². The number of nitrogens with one attached hydrogen (secondary N) is 1. The lowest BCUT2D eigenvalue weighted by molar-refractivity contribution is -0.386. The Labute approximate surface area is 151 Å². The molecule has 2 amide bonds. The number of nitrogens with zero attached hydrogens (tertiary/aromatic N) is 2. The number of nitro groups is 1. The molecule has 0 aromatic heterocycles. The Morgan fingerprint density at radius 3 is 2.52 bits per heavy atom. The van der Waals surface area contributed by atoms with E-state index in [1.54, 1.807) is 0 Å². The molecule has 1 aliphatic heterocycles. The lowest BCUT2D eigenvalue weighted by Gasteiger charge is -2.14. The molecule has 0 radical (unpaired) electrons. The van der Waals surface area contributed by atoms with Crippen LogP contribution in [-0.4, -0.2) is 29.0 Å². The van der Waals surface area contributed by atoms with Crippen LogP contribution < -0.4 is 15.2 Å². The van der Waals surface area contributed by atoms with Gasteiger partial charge in [0.05, 0.1) is 17.7 Å². The molecule has 1 saturated heterocycles. The van der Waals surface area contributed by atoms with E-state index in [0.29, 0.717) is 0 Å². The monoisotopic (exact) mass is 373 g/mol. The van der Waals surface area contributed by atoms with Crippen molar-refractivity contribution < 1.29 is 28.7 Å². The number of halogens is 1. The molecule has 27 heavy (non-hydrogen) atoms. The van der Waals surface area contributed by atoms with Gasteiger partial charge in [0, 0.05) is 6.07 Å². The fourth-order valence-electron chi connectivity index (χ4n) is 2.49. The predicted octanol–water partition coefficient (Wildman–Crippen LogP) is 1.91. The zero-order valence-electron chi connectivity index (χ0n) is 13.8. The molecule has 1 heterocycles. The molecule has 9 nitrogen and oxygen atoms in total. The van der Waals surface area contributed by atoms with Gasteiger partial charge in [-0.3, -0.25) is 25.1 Å². The molecule has 0 atom stereocenters. The zero-order valence-corrected chi connectivity index (χ0v) is 13.8. The van der Waals surface area contributed by atoms with Crippen LogP contribution in [0.25, 0.3) is 6.08 Å². The van der Waals surface area contributed by atoms with E-state index in [-0.39, 0.29) is 22.6 Å². The van der Waals surface area contributed by atoms with E-state index >= 15 is 0 Å². The molecule has 2 aromatic rings. The largest absolute Gasteiger partial charge is 0.500 e. The first-order valence-corrected chi connectivity index (χ1v) is 7.50. The molecule has 2 N–H and O–H groups in total. The molecule has 0 spiro atoms. The van der Waals surface area contributed by atoms with Gasteiger partial charge in [-0.15, -0.1) is 0 Å². The second-order valence-corrected chi connectivity index (χ2v) is 5.46. The number of carbonyl (C=O) groups is 2. The third-order valence-corrected chi connectivity index (χ3v) is 3.78. The van der Waals surface area contributed by atoms with Crippen molar-refractivity contribution in [1.82, 2.24) is 5.43 Å². The van der Waals surface area contributed by atoms with Gasteiger partial charge in [0.15, 0.2) is 5.75 Å². The van der Waals surface area contributed by atoms with Crippen LogP contribution in [0.3, 0.4) is 0 Å². The lowest BCUT2D eigenvalue weighted by Crippen LogP contribution is -2.35. The predicted molar refractivity (Wildman–Crippen MR) is 91.3 cm³/mol. The van der Waals surface area contributed by atoms with Crippen LogP contribution in [0.2, 0.25) is 0 Å².